The van der Waals surface area contributed by atoms with Gasteiger partial charge in [-0.25, -0.2) is 0 Å². The molecule has 0 N–H and O–H groups in total. The third-order valence-electron chi connectivity index (χ3n) is 2.28. The Bertz CT molecular complexity index is 119. The van der Waals surface area contributed by atoms with Crippen molar-refractivity contribution in [2.75, 3.05) is 19.1 Å². The Labute approximate surface area is 101 Å². The summed E-state index contributed by atoms with van der Waals surface area (Å²) < 4.78 is 11.0. The summed E-state index contributed by atoms with van der Waals surface area (Å²) in [6.07, 6.45) is 3.85. The highest BCUT2D eigenvalue weighted by molar-refractivity contribution is 6.35. The molecule has 0 aliphatic heterocycles. The lowest BCUT2D eigenvalue weighted by molar-refractivity contribution is -0.123. The van der Waals surface area contributed by atoms with Crippen LogP contribution in [0.25, 0.3) is 0 Å². The first kappa shape index (κ1) is 15.4. The summed E-state index contributed by atoms with van der Waals surface area (Å²) in [5.74, 6) is 0.808. The van der Waals surface area contributed by atoms with Crippen molar-refractivity contribution in [3.8, 4) is 0 Å². The second-order valence-electron chi connectivity index (χ2n) is 3.59. The van der Waals surface area contributed by atoms with Crippen LogP contribution in [0.1, 0.15) is 33.1 Å². The van der Waals surface area contributed by atoms with Crippen LogP contribution in [0, 0.1) is 0 Å². The molecule has 92 valence electrons. The average molecular weight is 253 g/mol. The largest absolute Gasteiger partial charge is 0.353 e. The fourth-order valence-corrected chi connectivity index (χ4v) is 3.37. The SMILES string of the molecule is CCOC(C[SiH2]CCCCCCl)OCC. The zero-order valence-corrected chi connectivity index (χ0v) is 12.3. The molecule has 4 heteroatoms. The van der Waals surface area contributed by atoms with Crippen molar-refractivity contribution in [2.45, 2.75) is 51.5 Å². The molecule has 0 aromatic heterocycles. The van der Waals surface area contributed by atoms with E-state index in [1.165, 1.54) is 18.9 Å². The molecule has 0 unspecified atom stereocenters. The Balaban J connectivity index is 3.28. The van der Waals surface area contributed by atoms with E-state index in [0.717, 1.165) is 31.6 Å². The maximum Gasteiger partial charge on any atom is 0.154 e. The molecule has 0 aliphatic carbocycles. The number of rotatable bonds is 11. The summed E-state index contributed by atoms with van der Waals surface area (Å²) in [5.41, 5.74) is 0. The lowest BCUT2D eigenvalue weighted by atomic mass is 10.3. The third-order valence-corrected chi connectivity index (χ3v) is 4.43. The third kappa shape index (κ3) is 10.7. The van der Waals surface area contributed by atoms with Crippen LogP contribution in [0.3, 0.4) is 0 Å². The monoisotopic (exact) mass is 252 g/mol. The Hall–Kier alpha value is 0.427. The zero-order chi connectivity index (χ0) is 11.4. The number of hydrogen-bond donors (Lipinski definition) is 0. The first-order chi connectivity index (χ1) is 7.35. The standard InChI is InChI=1S/C11H25ClO2Si/c1-3-13-11(14-4-2)10-15-9-7-5-6-8-12/h11H,3-10,15H2,1-2H3. The summed E-state index contributed by atoms with van der Waals surface area (Å²) in [7, 11) is 0.00220. The van der Waals surface area contributed by atoms with Crippen LogP contribution in [-0.4, -0.2) is 34.9 Å². The molecule has 0 atom stereocenters. The van der Waals surface area contributed by atoms with Gasteiger partial charge in [0.25, 0.3) is 0 Å². The Morgan fingerprint density at radius 2 is 1.73 bits per heavy atom. The van der Waals surface area contributed by atoms with Gasteiger partial charge in [0.1, 0.15) is 0 Å². The van der Waals surface area contributed by atoms with Crippen molar-refractivity contribution in [1.82, 2.24) is 0 Å². The van der Waals surface area contributed by atoms with Crippen molar-refractivity contribution < 1.29 is 9.47 Å². The van der Waals surface area contributed by atoms with Crippen LogP contribution in [-0.2, 0) is 9.47 Å². The number of alkyl halides is 1. The maximum atomic E-state index is 5.62. The zero-order valence-electron chi connectivity index (χ0n) is 10.1. The summed E-state index contributed by atoms with van der Waals surface area (Å²) in [5, 5.41) is 0. The number of ether oxygens (including phenoxy) is 2. The number of unbranched alkanes of at least 4 members (excludes halogenated alkanes) is 2. The minimum atomic E-state index is 0.00220. The maximum absolute atomic E-state index is 5.62. The molecule has 2 nitrogen and oxygen atoms in total. The van der Waals surface area contributed by atoms with E-state index < -0.39 is 0 Å². The molecule has 0 radical (unpaired) electrons. The van der Waals surface area contributed by atoms with Gasteiger partial charge in [-0.3, -0.25) is 0 Å². The molecule has 0 saturated carbocycles. The van der Waals surface area contributed by atoms with Gasteiger partial charge in [-0.1, -0.05) is 18.9 Å². The van der Waals surface area contributed by atoms with Gasteiger partial charge in [0, 0.05) is 28.6 Å². The summed E-state index contributed by atoms with van der Waals surface area (Å²) in [6, 6.07) is 2.55. The molecule has 0 rings (SSSR count). The van der Waals surface area contributed by atoms with Gasteiger partial charge in [0.15, 0.2) is 6.29 Å². The van der Waals surface area contributed by atoms with Crippen LogP contribution < -0.4 is 0 Å². The van der Waals surface area contributed by atoms with E-state index in [9.17, 15) is 0 Å². The van der Waals surface area contributed by atoms with Gasteiger partial charge < -0.3 is 9.47 Å². The molecule has 0 spiro atoms. The highest BCUT2D eigenvalue weighted by Crippen LogP contribution is 2.06. The van der Waals surface area contributed by atoms with Crippen molar-refractivity contribution in [2.24, 2.45) is 0 Å². The fraction of sp³-hybridized carbons (Fsp3) is 1.00. The summed E-state index contributed by atoms with van der Waals surface area (Å²) in [6.45, 7) is 5.55. The van der Waals surface area contributed by atoms with Gasteiger partial charge >= 0.3 is 0 Å². The van der Waals surface area contributed by atoms with Gasteiger partial charge in [0.2, 0.25) is 0 Å². The highest BCUT2D eigenvalue weighted by Gasteiger charge is 2.06. The molecule has 0 aliphatic rings. The topological polar surface area (TPSA) is 18.5 Å². The summed E-state index contributed by atoms with van der Waals surface area (Å²) >= 11 is 5.62. The summed E-state index contributed by atoms with van der Waals surface area (Å²) in [4.78, 5) is 0. The molecule has 0 heterocycles. The van der Waals surface area contributed by atoms with Gasteiger partial charge in [-0.05, 0) is 26.3 Å². The molecular formula is C11H25ClO2Si. The lowest BCUT2D eigenvalue weighted by Gasteiger charge is -2.16. The van der Waals surface area contributed by atoms with E-state index in [2.05, 4.69) is 0 Å². The smallest absolute Gasteiger partial charge is 0.154 e. The normalized spacial score (nSPS) is 12.0. The van der Waals surface area contributed by atoms with Crippen molar-refractivity contribution >= 4 is 21.1 Å². The molecule has 0 bridgehead atoms. The second-order valence-corrected chi connectivity index (χ2v) is 5.96. The number of hydrogen-bond acceptors (Lipinski definition) is 2. The molecule has 0 fully saturated rings. The molecule has 15 heavy (non-hydrogen) atoms. The minimum absolute atomic E-state index is 0.00220. The van der Waals surface area contributed by atoms with E-state index in [0.29, 0.717) is 0 Å². The average Bonchev–Trinajstić information content (AvgIpc) is 2.24. The van der Waals surface area contributed by atoms with Crippen LogP contribution in [0.4, 0.5) is 0 Å². The van der Waals surface area contributed by atoms with Crippen molar-refractivity contribution in [3.63, 3.8) is 0 Å². The van der Waals surface area contributed by atoms with Gasteiger partial charge in [-0.15, -0.1) is 11.6 Å². The minimum Gasteiger partial charge on any atom is -0.353 e. The Morgan fingerprint density at radius 1 is 1.07 bits per heavy atom. The lowest BCUT2D eigenvalue weighted by Crippen LogP contribution is -2.18. The van der Waals surface area contributed by atoms with Crippen LogP contribution in [0.5, 0.6) is 0 Å². The second kappa shape index (κ2) is 12.5. The van der Waals surface area contributed by atoms with Crippen molar-refractivity contribution in [1.29, 1.82) is 0 Å². The van der Waals surface area contributed by atoms with E-state index in [4.69, 9.17) is 21.1 Å². The predicted molar refractivity (Wildman–Crippen MR) is 69.8 cm³/mol. The van der Waals surface area contributed by atoms with Gasteiger partial charge in [0.05, 0.1) is 0 Å². The van der Waals surface area contributed by atoms with E-state index >= 15 is 0 Å². The van der Waals surface area contributed by atoms with Crippen molar-refractivity contribution in [3.05, 3.63) is 0 Å². The first-order valence-corrected chi connectivity index (χ1v) is 8.67. The van der Waals surface area contributed by atoms with E-state index in [-0.39, 0.29) is 15.8 Å². The molecule has 0 aromatic carbocycles. The van der Waals surface area contributed by atoms with Crippen LogP contribution >= 0.6 is 11.6 Å². The highest BCUT2D eigenvalue weighted by atomic mass is 35.5. The fourth-order valence-electron chi connectivity index (χ4n) is 1.52. The van der Waals surface area contributed by atoms with Gasteiger partial charge in [-0.2, -0.15) is 0 Å². The molecule has 0 aromatic rings. The van der Waals surface area contributed by atoms with Crippen LogP contribution in [0.15, 0.2) is 0 Å². The number of halogens is 1. The Morgan fingerprint density at radius 3 is 2.27 bits per heavy atom. The van der Waals surface area contributed by atoms with E-state index in [1.807, 2.05) is 13.8 Å². The molecule has 0 saturated heterocycles. The molecular weight excluding hydrogens is 228 g/mol. The van der Waals surface area contributed by atoms with E-state index in [1.54, 1.807) is 0 Å². The quantitative estimate of drug-likeness (QED) is 0.244. The first-order valence-electron chi connectivity index (χ1n) is 6.14. The Kier molecular flexibility index (Phi) is 12.9. The van der Waals surface area contributed by atoms with Crippen LogP contribution in [0.2, 0.25) is 12.1 Å². The predicted octanol–water partition coefficient (Wildman–Crippen LogP) is 2.80. The molecule has 0 amide bonds.